The second-order valence-electron chi connectivity index (χ2n) is 4.09. The number of aryl methyl sites for hydroxylation is 1. The molecule has 6 nitrogen and oxygen atoms in total. The lowest BCUT2D eigenvalue weighted by atomic mass is 10.1. The molecule has 0 aliphatic heterocycles. The third kappa shape index (κ3) is 3.57. The van der Waals surface area contributed by atoms with E-state index in [4.69, 9.17) is 9.47 Å². The Balaban J connectivity index is 1.98. The van der Waals surface area contributed by atoms with E-state index in [2.05, 4.69) is 26.0 Å². The molecule has 20 heavy (non-hydrogen) atoms. The van der Waals surface area contributed by atoms with E-state index in [-0.39, 0.29) is 19.0 Å². The van der Waals surface area contributed by atoms with Crippen LogP contribution in [0.5, 0.6) is 5.75 Å². The topological polar surface area (TPSA) is 66.2 Å². The number of benzene rings is 1. The van der Waals surface area contributed by atoms with Crippen LogP contribution in [0.2, 0.25) is 0 Å². The monoisotopic (exact) mass is 339 g/mol. The van der Waals surface area contributed by atoms with Crippen LogP contribution in [0.25, 0.3) is 0 Å². The molecular formula is C13H14BrN3O3. The Morgan fingerprint density at radius 2 is 2.25 bits per heavy atom. The second-order valence-corrected chi connectivity index (χ2v) is 5.01. The molecule has 106 valence electrons. The highest BCUT2D eigenvalue weighted by molar-refractivity contribution is 9.10. The van der Waals surface area contributed by atoms with Crippen molar-refractivity contribution in [3.05, 3.63) is 40.4 Å². The van der Waals surface area contributed by atoms with Gasteiger partial charge in [0.2, 0.25) is 0 Å². The third-order valence-electron chi connectivity index (χ3n) is 2.74. The maximum atomic E-state index is 11.8. The summed E-state index contributed by atoms with van der Waals surface area (Å²) in [6.07, 6.45) is 1.56. The molecule has 2 rings (SSSR count). The maximum absolute atomic E-state index is 11.8. The number of carbonyl (C=O) groups is 1. The van der Waals surface area contributed by atoms with Crippen LogP contribution in [-0.2, 0) is 29.6 Å². The van der Waals surface area contributed by atoms with Crippen LogP contribution in [0.3, 0.4) is 0 Å². The molecule has 0 fully saturated rings. The molecule has 0 bridgehead atoms. The van der Waals surface area contributed by atoms with Crippen LogP contribution < -0.4 is 4.74 Å². The predicted octanol–water partition coefficient (Wildman–Crippen LogP) is 1.87. The van der Waals surface area contributed by atoms with E-state index in [0.717, 1.165) is 10.0 Å². The zero-order valence-corrected chi connectivity index (χ0v) is 12.8. The van der Waals surface area contributed by atoms with E-state index >= 15 is 0 Å². The zero-order chi connectivity index (χ0) is 14.5. The first-order valence-electron chi connectivity index (χ1n) is 5.91. The number of nitrogens with zero attached hydrogens (tertiary/aromatic N) is 3. The standard InChI is InChI=1S/C13H14BrN3O3/c1-17-12(15-8-16-17)7-20-13(18)6-9-5-10(14)3-4-11(9)19-2/h3-5,8H,6-7H2,1-2H3. The van der Waals surface area contributed by atoms with Crippen molar-refractivity contribution in [2.75, 3.05) is 7.11 Å². The van der Waals surface area contributed by atoms with Gasteiger partial charge in [-0.15, -0.1) is 0 Å². The fraction of sp³-hybridized carbons (Fsp3) is 0.308. The Hall–Kier alpha value is -1.89. The van der Waals surface area contributed by atoms with Gasteiger partial charge in [0.05, 0.1) is 13.5 Å². The minimum absolute atomic E-state index is 0.103. The molecule has 0 amide bonds. The van der Waals surface area contributed by atoms with Crippen molar-refractivity contribution >= 4 is 21.9 Å². The smallest absolute Gasteiger partial charge is 0.310 e. The van der Waals surface area contributed by atoms with E-state index in [1.165, 1.54) is 6.33 Å². The molecule has 0 aliphatic rings. The number of ether oxygens (including phenoxy) is 2. The van der Waals surface area contributed by atoms with Crippen molar-refractivity contribution in [2.45, 2.75) is 13.0 Å². The summed E-state index contributed by atoms with van der Waals surface area (Å²) in [6.45, 7) is 0.103. The fourth-order valence-corrected chi connectivity index (χ4v) is 2.10. The van der Waals surface area contributed by atoms with Crippen molar-refractivity contribution in [1.82, 2.24) is 14.8 Å². The summed E-state index contributed by atoms with van der Waals surface area (Å²) in [4.78, 5) is 15.8. The van der Waals surface area contributed by atoms with Gasteiger partial charge in [-0.2, -0.15) is 5.10 Å². The highest BCUT2D eigenvalue weighted by Crippen LogP contribution is 2.23. The molecule has 7 heteroatoms. The van der Waals surface area contributed by atoms with Crippen molar-refractivity contribution in [3.8, 4) is 5.75 Å². The fourth-order valence-electron chi connectivity index (χ4n) is 1.69. The van der Waals surface area contributed by atoms with Gasteiger partial charge in [-0.25, -0.2) is 4.98 Å². The summed E-state index contributed by atoms with van der Waals surface area (Å²) in [5, 5.41) is 3.91. The van der Waals surface area contributed by atoms with Crippen LogP contribution in [-0.4, -0.2) is 27.8 Å². The number of hydrogen-bond acceptors (Lipinski definition) is 5. The van der Waals surface area contributed by atoms with Gasteiger partial charge >= 0.3 is 5.97 Å². The Labute approximate surface area is 124 Å². The Kier molecular flexibility index (Phi) is 4.73. The van der Waals surface area contributed by atoms with Gasteiger partial charge in [0.15, 0.2) is 12.4 Å². The lowest BCUT2D eigenvalue weighted by molar-refractivity contribution is -0.144. The highest BCUT2D eigenvalue weighted by Gasteiger charge is 2.12. The third-order valence-corrected chi connectivity index (χ3v) is 3.24. The molecular weight excluding hydrogens is 326 g/mol. The number of rotatable bonds is 5. The van der Waals surface area contributed by atoms with Gasteiger partial charge in [-0.05, 0) is 18.2 Å². The number of halogens is 1. The van der Waals surface area contributed by atoms with E-state index in [1.807, 2.05) is 12.1 Å². The number of aromatic nitrogens is 3. The largest absolute Gasteiger partial charge is 0.496 e. The predicted molar refractivity (Wildman–Crippen MR) is 75.2 cm³/mol. The number of carbonyl (C=O) groups excluding carboxylic acids is 1. The van der Waals surface area contributed by atoms with Gasteiger partial charge in [0, 0.05) is 17.1 Å². The molecule has 2 aromatic rings. The van der Waals surface area contributed by atoms with Crippen LogP contribution in [0, 0.1) is 0 Å². The van der Waals surface area contributed by atoms with E-state index < -0.39 is 0 Å². The number of hydrogen-bond donors (Lipinski definition) is 0. The number of esters is 1. The summed E-state index contributed by atoms with van der Waals surface area (Å²) >= 11 is 3.37. The van der Waals surface area contributed by atoms with Gasteiger partial charge in [-0.1, -0.05) is 15.9 Å². The van der Waals surface area contributed by atoms with Crippen molar-refractivity contribution in [2.24, 2.45) is 7.05 Å². The quantitative estimate of drug-likeness (QED) is 0.778. The molecule has 1 aromatic heterocycles. The van der Waals surface area contributed by atoms with Gasteiger partial charge in [0.25, 0.3) is 0 Å². The van der Waals surface area contributed by atoms with Gasteiger partial charge in [-0.3, -0.25) is 9.48 Å². The van der Waals surface area contributed by atoms with Crippen molar-refractivity contribution in [3.63, 3.8) is 0 Å². The van der Waals surface area contributed by atoms with E-state index in [9.17, 15) is 4.79 Å². The minimum Gasteiger partial charge on any atom is -0.496 e. The summed E-state index contributed by atoms with van der Waals surface area (Å²) < 4.78 is 12.8. The molecule has 0 saturated heterocycles. The first kappa shape index (κ1) is 14.5. The summed E-state index contributed by atoms with van der Waals surface area (Å²) in [6, 6.07) is 5.49. The van der Waals surface area contributed by atoms with Crippen LogP contribution >= 0.6 is 15.9 Å². The van der Waals surface area contributed by atoms with Crippen LogP contribution in [0.4, 0.5) is 0 Å². The minimum atomic E-state index is -0.343. The van der Waals surface area contributed by atoms with Gasteiger partial charge in [0.1, 0.15) is 12.1 Å². The Bertz CT molecular complexity index is 613. The average Bonchev–Trinajstić information content (AvgIpc) is 2.82. The summed E-state index contributed by atoms with van der Waals surface area (Å²) in [7, 11) is 3.31. The lowest BCUT2D eigenvalue weighted by Crippen LogP contribution is -2.11. The molecule has 1 heterocycles. The SMILES string of the molecule is COc1ccc(Br)cc1CC(=O)OCc1ncnn1C. The first-order chi connectivity index (χ1) is 9.60. The zero-order valence-electron chi connectivity index (χ0n) is 11.2. The lowest BCUT2D eigenvalue weighted by Gasteiger charge is -2.09. The molecule has 0 saturated carbocycles. The highest BCUT2D eigenvalue weighted by atomic mass is 79.9. The molecule has 0 aliphatic carbocycles. The van der Waals surface area contributed by atoms with Crippen LogP contribution in [0.15, 0.2) is 29.0 Å². The Morgan fingerprint density at radius 3 is 2.90 bits per heavy atom. The average molecular weight is 340 g/mol. The summed E-state index contributed by atoms with van der Waals surface area (Å²) in [5.74, 6) is 0.910. The molecule has 1 aromatic carbocycles. The van der Waals surface area contributed by atoms with E-state index in [1.54, 1.807) is 24.9 Å². The van der Waals surface area contributed by atoms with Crippen molar-refractivity contribution in [1.29, 1.82) is 0 Å². The second kappa shape index (κ2) is 6.51. The van der Waals surface area contributed by atoms with E-state index in [0.29, 0.717) is 11.6 Å². The van der Waals surface area contributed by atoms with Crippen molar-refractivity contribution < 1.29 is 14.3 Å². The van der Waals surface area contributed by atoms with Crippen LogP contribution in [0.1, 0.15) is 11.4 Å². The summed E-state index contributed by atoms with van der Waals surface area (Å²) in [5.41, 5.74) is 0.768. The van der Waals surface area contributed by atoms with Gasteiger partial charge < -0.3 is 9.47 Å². The molecule has 0 N–H and O–H groups in total. The first-order valence-corrected chi connectivity index (χ1v) is 6.70. The Morgan fingerprint density at radius 1 is 1.45 bits per heavy atom. The molecule has 0 atom stereocenters. The molecule has 0 spiro atoms. The maximum Gasteiger partial charge on any atom is 0.310 e. The molecule has 0 radical (unpaired) electrons. The molecule has 0 unspecified atom stereocenters. The normalized spacial score (nSPS) is 10.3. The number of methoxy groups -OCH3 is 1.